The summed E-state index contributed by atoms with van der Waals surface area (Å²) >= 11 is 0. The first-order chi connectivity index (χ1) is 10.2. The maximum Gasteiger partial charge on any atom is 0.0613 e. The summed E-state index contributed by atoms with van der Waals surface area (Å²) in [4.78, 5) is 5.62. The molecule has 122 valence electrons. The van der Waals surface area contributed by atoms with Gasteiger partial charge in [0, 0.05) is 38.3 Å². The Balaban J connectivity index is 1.66. The molecule has 3 rings (SSSR count). The van der Waals surface area contributed by atoms with E-state index in [4.69, 9.17) is 4.74 Å². The maximum absolute atomic E-state index is 5.92. The molecule has 4 atom stereocenters. The Morgan fingerprint density at radius 1 is 1.14 bits per heavy atom. The maximum atomic E-state index is 5.92. The van der Waals surface area contributed by atoms with Crippen molar-refractivity contribution in [3.63, 3.8) is 0 Å². The van der Waals surface area contributed by atoms with Gasteiger partial charge in [-0.2, -0.15) is 0 Å². The standard InChI is InChI=1S/C18H34N2O/c1-4-18-15(8-10-21-18)11-20-12-16-7-5-6-9-19(16)13-17(20)14(2)3/h14-18H,4-13H2,1-3H3. The minimum absolute atomic E-state index is 0.516. The molecular formula is C18H34N2O. The molecule has 0 amide bonds. The minimum atomic E-state index is 0.516. The molecule has 0 spiro atoms. The summed E-state index contributed by atoms with van der Waals surface area (Å²) in [5.41, 5.74) is 0. The zero-order chi connectivity index (χ0) is 14.8. The lowest BCUT2D eigenvalue weighted by Crippen LogP contribution is -2.61. The van der Waals surface area contributed by atoms with E-state index in [9.17, 15) is 0 Å². The van der Waals surface area contributed by atoms with E-state index in [1.54, 1.807) is 0 Å². The van der Waals surface area contributed by atoms with Gasteiger partial charge in [-0.05, 0) is 44.1 Å². The third-order valence-corrected chi connectivity index (χ3v) is 6.07. The van der Waals surface area contributed by atoms with E-state index in [1.807, 2.05) is 0 Å². The Bertz CT molecular complexity index is 333. The quantitative estimate of drug-likeness (QED) is 0.793. The molecule has 0 N–H and O–H groups in total. The van der Waals surface area contributed by atoms with Crippen molar-refractivity contribution in [2.45, 2.75) is 71.1 Å². The highest BCUT2D eigenvalue weighted by atomic mass is 16.5. The Kier molecular flexibility index (Phi) is 5.23. The first-order valence-electron chi connectivity index (χ1n) is 9.28. The molecule has 0 bridgehead atoms. The van der Waals surface area contributed by atoms with Crippen molar-refractivity contribution in [3.8, 4) is 0 Å². The summed E-state index contributed by atoms with van der Waals surface area (Å²) in [6, 6.07) is 1.58. The Hall–Kier alpha value is -0.120. The van der Waals surface area contributed by atoms with E-state index in [0.717, 1.165) is 30.5 Å². The zero-order valence-electron chi connectivity index (χ0n) is 14.3. The number of piperazine rings is 1. The van der Waals surface area contributed by atoms with Gasteiger partial charge in [0.25, 0.3) is 0 Å². The Morgan fingerprint density at radius 2 is 2.00 bits per heavy atom. The van der Waals surface area contributed by atoms with Crippen LogP contribution in [-0.4, -0.2) is 60.8 Å². The molecule has 0 saturated carbocycles. The molecule has 0 aromatic rings. The summed E-state index contributed by atoms with van der Waals surface area (Å²) in [6.45, 7) is 13.3. The molecule has 3 aliphatic heterocycles. The van der Waals surface area contributed by atoms with E-state index in [1.165, 1.54) is 58.3 Å². The highest BCUT2D eigenvalue weighted by molar-refractivity contribution is 4.93. The van der Waals surface area contributed by atoms with Crippen LogP contribution in [0.5, 0.6) is 0 Å². The van der Waals surface area contributed by atoms with Gasteiger partial charge in [-0.25, -0.2) is 0 Å². The van der Waals surface area contributed by atoms with Crippen LogP contribution in [0.25, 0.3) is 0 Å². The van der Waals surface area contributed by atoms with Gasteiger partial charge in [0.05, 0.1) is 6.10 Å². The van der Waals surface area contributed by atoms with E-state index >= 15 is 0 Å². The molecule has 4 unspecified atom stereocenters. The van der Waals surface area contributed by atoms with Gasteiger partial charge >= 0.3 is 0 Å². The number of hydrogen-bond acceptors (Lipinski definition) is 3. The van der Waals surface area contributed by atoms with E-state index < -0.39 is 0 Å². The number of hydrogen-bond donors (Lipinski definition) is 0. The smallest absolute Gasteiger partial charge is 0.0613 e. The van der Waals surface area contributed by atoms with Crippen molar-refractivity contribution in [2.75, 3.05) is 32.8 Å². The van der Waals surface area contributed by atoms with Crippen LogP contribution in [0.4, 0.5) is 0 Å². The molecule has 3 saturated heterocycles. The predicted molar refractivity (Wildman–Crippen MR) is 87.5 cm³/mol. The van der Waals surface area contributed by atoms with E-state index in [0.29, 0.717) is 6.10 Å². The van der Waals surface area contributed by atoms with Gasteiger partial charge in [-0.3, -0.25) is 9.80 Å². The second-order valence-corrected chi connectivity index (χ2v) is 7.78. The highest BCUT2D eigenvalue weighted by Crippen LogP contribution is 2.31. The molecule has 0 aromatic carbocycles. The predicted octanol–water partition coefficient (Wildman–Crippen LogP) is 3.00. The fraction of sp³-hybridized carbons (Fsp3) is 1.00. The first-order valence-corrected chi connectivity index (χ1v) is 9.28. The molecule has 21 heavy (non-hydrogen) atoms. The van der Waals surface area contributed by atoms with Crippen LogP contribution in [0.1, 0.15) is 52.9 Å². The summed E-state index contributed by atoms with van der Waals surface area (Å²) in [5, 5.41) is 0. The van der Waals surface area contributed by atoms with Gasteiger partial charge in [-0.15, -0.1) is 0 Å². The lowest BCUT2D eigenvalue weighted by atomic mass is 9.90. The molecule has 3 heteroatoms. The van der Waals surface area contributed by atoms with Gasteiger partial charge in [0.1, 0.15) is 0 Å². The third-order valence-electron chi connectivity index (χ3n) is 6.07. The highest BCUT2D eigenvalue weighted by Gasteiger charge is 2.38. The molecule has 0 aromatic heterocycles. The largest absolute Gasteiger partial charge is 0.378 e. The van der Waals surface area contributed by atoms with Crippen LogP contribution in [0, 0.1) is 11.8 Å². The van der Waals surface area contributed by atoms with Crippen LogP contribution < -0.4 is 0 Å². The monoisotopic (exact) mass is 294 g/mol. The summed E-state index contributed by atoms with van der Waals surface area (Å²) in [6.07, 6.45) is 7.23. The third kappa shape index (κ3) is 3.46. The molecular weight excluding hydrogens is 260 g/mol. The van der Waals surface area contributed by atoms with Crippen molar-refractivity contribution in [1.29, 1.82) is 0 Å². The van der Waals surface area contributed by atoms with Crippen LogP contribution in [0.3, 0.4) is 0 Å². The summed E-state index contributed by atoms with van der Waals surface area (Å²) in [7, 11) is 0. The van der Waals surface area contributed by atoms with Crippen molar-refractivity contribution < 1.29 is 4.74 Å². The average molecular weight is 294 g/mol. The number of piperidine rings is 1. The number of nitrogens with zero attached hydrogens (tertiary/aromatic N) is 2. The fourth-order valence-electron chi connectivity index (χ4n) is 4.77. The van der Waals surface area contributed by atoms with Gasteiger partial charge < -0.3 is 4.74 Å². The fourth-order valence-corrected chi connectivity index (χ4v) is 4.77. The van der Waals surface area contributed by atoms with Gasteiger partial charge in [0.2, 0.25) is 0 Å². The second-order valence-electron chi connectivity index (χ2n) is 7.78. The Morgan fingerprint density at radius 3 is 2.76 bits per heavy atom. The van der Waals surface area contributed by atoms with Crippen molar-refractivity contribution in [2.24, 2.45) is 11.8 Å². The number of ether oxygens (including phenoxy) is 1. The first kappa shape index (κ1) is 15.8. The summed E-state index contributed by atoms with van der Waals surface area (Å²) in [5.74, 6) is 1.53. The van der Waals surface area contributed by atoms with Crippen LogP contribution in [0.15, 0.2) is 0 Å². The van der Waals surface area contributed by atoms with E-state index in [-0.39, 0.29) is 0 Å². The van der Waals surface area contributed by atoms with Crippen molar-refractivity contribution in [3.05, 3.63) is 0 Å². The molecule has 3 nitrogen and oxygen atoms in total. The van der Waals surface area contributed by atoms with Crippen molar-refractivity contribution in [1.82, 2.24) is 9.80 Å². The normalized spacial score (nSPS) is 38.9. The zero-order valence-corrected chi connectivity index (χ0v) is 14.3. The SMILES string of the molecule is CCC1OCCC1CN1CC2CCCCN2CC1C(C)C. The van der Waals surface area contributed by atoms with Gasteiger partial charge in [0.15, 0.2) is 0 Å². The second kappa shape index (κ2) is 6.97. The number of rotatable bonds is 4. The molecule has 3 aliphatic rings. The lowest BCUT2D eigenvalue weighted by molar-refractivity contribution is -0.0217. The summed E-state index contributed by atoms with van der Waals surface area (Å²) < 4.78 is 5.92. The molecule has 3 fully saturated rings. The molecule has 0 aliphatic carbocycles. The van der Waals surface area contributed by atoms with Crippen LogP contribution in [0.2, 0.25) is 0 Å². The average Bonchev–Trinajstić information content (AvgIpc) is 2.93. The topological polar surface area (TPSA) is 15.7 Å². The Labute approximate surface area is 131 Å². The molecule has 0 radical (unpaired) electrons. The van der Waals surface area contributed by atoms with E-state index in [2.05, 4.69) is 30.6 Å². The van der Waals surface area contributed by atoms with Crippen LogP contribution in [-0.2, 0) is 4.74 Å². The number of fused-ring (bicyclic) bond motifs is 1. The minimum Gasteiger partial charge on any atom is -0.378 e. The van der Waals surface area contributed by atoms with Crippen LogP contribution >= 0.6 is 0 Å². The van der Waals surface area contributed by atoms with Gasteiger partial charge in [-0.1, -0.05) is 27.2 Å². The lowest BCUT2D eigenvalue weighted by Gasteiger charge is -2.50. The molecule has 3 heterocycles. The van der Waals surface area contributed by atoms with Crippen molar-refractivity contribution >= 4 is 0 Å².